The van der Waals surface area contributed by atoms with Crippen LogP contribution in [0.1, 0.15) is 36.7 Å². The van der Waals surface area contributed by atoms with Crippen LogP contribution in [0.2, 0.25) is 0 Å². The second-order valence-electron chi connectivity index (χ2n) is 6.24. The fourth-order valence-electron chi connectivity index (χ4n) is 2.21. The lowest BCUT2D eigenvalue weighted by Gasteiger charge is -2.19. The lowest BCUT2D eigenvalue weighted by atomic mass is 9.87. The van der Waals surface area contributed by atoms with Gasteiger partial charge >= 0.3 is 0 Å². The molecule has 0 fully saturated rings. The van der Waals surface area contributed by atoms with Gasteiger partial charge in [0.15, 0.2) is 17.8 Å². The topological polar surface area (TPSA) is 35.5 Å². The summed E-state index contributed by atoms with van der Waals surface area (Å²) >= 11 is 1.54. The second kappa shape index (κ2) is 7.09. The van der Waals surface area contributed by atoms with E-state index in [-0.39, 0.29) is 5.41 Å². The lowest BCUT2D eigenvalue weighted by molar-refractivity contribution is 0.112. The van der Waals surface area contributed by atoms with Crippen molar-refractivity contribution in [1.29, 1.82) is 0 Å². The molecule has 0 unspecified atom stereocenters. The maximum absolute atomic E-state index is 11.4. The molecule has 0 heterocycles. The molecule has 0 aliphatic rings. The summed E-state index contributed by atoms with van der Waals surface area (Å²) in [6.45, 7) is 6.57. The van der Waals surface area contributed by atoms with Crippen LogP contribution in [0.15, 0.2) is 46.2 Å². The van der Waals surface area contributed by atoms with Crippen molar-refractivity contribution in [2.75, 3.05) is 14.2 Å². The van der Waals surface area contributed by atoms with Gasteiger partial charge in [-0.3, -0.25) is 4.79 Å². The van der Waals surface area contributed by atoms with Crippen LogP contribution in [0.25, 0.3) is 0 Å². The predicted molar refractivity (Wildman–Crippen MR) is 94.2 cm³/mol. The third-order valence-corrected chi connectivity index (χ3v) is 4.67. The standard InChI is InChI=1S/C19H22O3S/c1-19(2,3)14-6-8-15(9-7-14)23-18-11-17(22-5)16(21-4)10-13(18)12-20/h6-12H,1-5H3. The Balaban J connectivity index is 2.34. The van der Waals surface area contributed by atoms with Crippen LogP contribution >= 0.6 is 11.8 Å². The fourth-order valence-corrected chi connectivity index (χ4v) is 3.12. The van der Waals surface area contributed by atoms with Crippen molar-refractivity contribution in [1.82, 2.24) is 0 Å². The summed E-state index contributed by atoms with van der Waals surface area (Å²) in [6, 6.07) is 12.0. The first-order valence-electron chi connectivity index (χ1n) is 7.38. The van der Waals surface area contributed by atoms with E-state index in [0.717, 1.165) is 16.1 Å². The lowest BCUT2D eigenvalue weighted by Crippen LogP contribution is -2.10. The first-order valence-corrected chi connectivity index (χ1v) is 8.20. The predicted octanol–water partition coefficient (Wildman–Crippen LogP) is 4.97. The molecule has 0 aliphatic carbocycles. The van der Waals surface area contributed by atoms with Crippen LogP contribution in [0, 0.1) is 0 Å². The average Bonchev–Trinajstić information content (AvgIpc) is 2.54. The molecule has 122 valence electrons. The van der Waals surface area contributed by atoms with E-state index in [9.17, 15) is 4.79 Å². The van der Waals surface area contributed by atoms with Gasteiger partial charge in [-0.05, 0) is 35.2 Å². The van der Waals surface area contributed by atoms with Crippen molar-refractivity contribution in [3.63, 3.8) is 0 Å². The van der Waals surface area contributed by atoms with E-state index in [1.165, 1.54) is 5.56 Å². The van der Waals surface area contributed by atoms with E-state index in [1.54, 1.807) is 32.0 Å². The molecule has 4 heteroatoms. The highest BCUT2D eigenvalue weighted by Gasteiger charge is 2.15. The van der Waals surface area contributed by atoms with E-state index in [4.69, 9.17) is 9.47 Å². The zero-order valence-electron chi connectivity index (χ0n) is 14.2. The highest BCUT2D eigenvalue weighted by molar-refractivity contribution is 7.99. The summed E-state index contributed by atoms with van der Waals surface area (Å²) in [5, 5.41) is 0. The first-order chi connectivity index (χ1) is 10.9. The van der Waals surface area contributed by atoms with Crippen molar-refractivity contribution < 1.29 is 14.3 Å². The molecule has 0 N–H and O–H groups in total. The van der Waals surface area contributed by atoms with Crippen molar-refractivity contribution in [3.05, 3.63) is 47.5 Å². The molecule has 0 aromatic heterocycles. The molecule has 3 nitrogen and oxygen atoms in total. The Labute approximate surface area is 142 Å². The minimum absolute atomic E-state index is 0.125. The van der Waals surface area contributed by atoms with E-state index >= 15 is 0 Å². The van der Waals surface area contributed by atoms with Gasteiger partial charge < -0.3 is 9.47 Å². The fraction of sp³-hybridized carbons (Fsp3) is 0.316. The summed E-state index contributed by atoms with van der Waals surface area (Å²) in [4.78, 5) is 13.3. The van der Waals surface area contributed by atoms with Crippen LogP contribution in [0.4, 0.5) is 0 Å². The molecule has 0 radical (unpaired) electrons. The Hall–Kier alpha value is -1.94. The largest absolute Gasteiger partial charge is 0.493 e. The Morgan fingerprint density at radius 3 is 2.00 bits per heavy atom. The number of benzene rings is 2. The zero-order chi connectivity index (χ0) is 17.0. The summed E-state index contributed by atoms with van der Waals surface area (Å²) in [6.07, 6.45) is 0.841. The number of rotatable bonds is 5. The number of carbonyl (C=O) groups excluding carboxylic acids is 1. The molecule has 2 aromatic rings. The number of hydrogen-bond donors (Lipinski definition) is 0. The third kappa shape index (κ3) is 4.08. The molecule has 0 amide bonds. The molecule has 0 spiro atoms. The molecule has 2 aromatic carbocycles. The van der Waals surface area contributed by atoms with Crippen molar-refractivity contribution in [3.8, 4) is 11.5 Å². The average molecular weight is 330 g/mol. The monoisotopic (exact) mass is 330 g/mol. The van der Waals surface area contributed by atoms with Gasteiger partial charge in [0.1, 0.15) is 0 Å². The van der Waals surface area contributed by atoms with Crippen molar-refractivity contribution in [2.24, 2.45) is 0 Å². The molecular weight excluding hydrogens is 308 g/mol. The minimum atomic E-state index is 0.125. The van der Waals surface area contributed by atoms with Gasteiger partial charge in [0.05, 0.1) is 14.2 Å². The third-order valence-electron chi connectivity index (χ3n) is 3.59. The van der Waals surface area contributed by atoms with Gasteiger partial charge in [0.25, 0.3) is 0 Å². The molecule has 0 atom stereocenters. The van der Waals surface area contributed by atoms with Gasteiger partial charge in [-0.15, -0.1) is 0 Å². The van der Waals surface area contributed by atoms with Gasteiger partial charge in [-0.2, -0.15) is 0 Å². The van der Waals surface area contributed by atoms with Gasteiger partial charge in [0.2, 0.25) is 0 Å². The summed E-state index contributed by atoms with van der Waals surface area (Å²) in [5.74, 6) is 1.17. The molecule has 23 heavy (non-hydrogen) atoms. The molecule has 2 rings (SSSR count). The molecule has 0 bridgehead atoms. The Kier molecular flexibility index (Phi) is 5.37. The molecule has 0 saturated heterocycles. The van der Waals surface area contributed by atoms with Gasteiger partial charge in [-0.1, -0.05) is 44.7 Å². The molecule has 0 aliphatic heterocycles. The first kappa shape index (κ1) is 17.4. The van der Waals surface area contributed by atoms with Gasteiger partial charge in [-0.25, -0.2) is 0 Å². The van der Waals surface area contributed by atoms with Crippen molar-refractivity contribution in [2.45, 2.75) is 36.0 Å². The number of methoxy groups -OCH3 is 2. The van der Waals surface area contributed by atoms with E-state index in [0.29, 0.717) is 17.1 Å². The minimum Gasteiger partial charge on any atom is -0.493 e. The quantitative estimate of drug-likeness (QED) is 0.726. The summed E-state index contributed by atoms with van der Waals surface area (Å²) < 4.78 is 10.6. The second-order valence-corrected chi connectivity index (χ2v) is 7.35. The Morgan fingerprint density at radius 2 is 1.52 bits per heavy atom. The maximum Gasteiger partial charge on any atom is 0.161 e. The normalized spacial score (nSPS) is 11.2. The van der Waals surface area contributed by atoms with E-state index < -0.39 is 0 Å². The molecular formula is C19H22O3S. The zero-order valence-corrected chi connectivity index (χ0v) is 15.0. The van der Waals surface area contributed by atoms with Crippen LogP contribution in [-0.2, 0) is 5.41 Å². The summed E-state index contributed by atoms with van der Waals surface area (Å²) in [7, 11) is 3.15. The number of ether oxygens (including phenoxy) is 2. The van der Waals surface area contributed by atoms with Crippen molar-refractivity contribution >= 4 is 18.0 Å². The number of aldehydes is 1. The number of carbonyl (C=O) groups is 1. The van der Waals surface area contributed by atoms with Crippen LogP contribution < -0.4 is 9.47 Å². The molecule has 0 saturated carbocycles. The van der Waals surface area contributed by atoms with E-state index in [2.05, 4.69) is 45.0 Å². The van der Waals surface area contributed by atoms with Crippen LogP contribution in [0.3, 0.4) is 0 Å². The number of hydrogen-bond acceptors (Lipinski definition) is 4. The van der Waals surface area contributed by atoms with Gasteiger partial charge in [0, 0.05) is 15.4 Å². The summed E-state index contributed by atoms with van der Waals surface area (Å²) in [5.41, 5.74) is 2.00. The van der Waals surface area contributed by atoms with Crippen LogP contribution in [0.5, 0.6) is 11.5 Å². The Morgan fingerprint density at radius 1 is 0.957 bits per heavy atom. The van der Waals surface area contributed by atoms with E-state index in [1.807, 2.05) is 6.07 Å². The maximum atomic E-state index is 11.4. The SMILES string of the molecule is COc1cc(C=O)c(Sc2ccc(C(C)(C)C)cc2)cc1OC. The smallest absolute Gasteiger partial charge is 0.161 e. The highest BCUT2D eigenvalue weighted by atomic mass is 32.2. The highest BCUT2D eigenvalue weighted by Crippen LogP contribution is 2.38. The van der Waals surface area contributed by atoms with Crippen LogP contribution in [-0.4, -0.2) is 20.5 Å². The Bertz CT molecular complexity index is 685.